The van der Waals surface area contributed by atoms with Crippen molar-refractivity contribution in [2.24, 2.45) is 17.5 Å². The molecule has 1 aromatic rings. The Hall–Kier alpha value is -1.76. The lowest BCUT2D eigenvalue weighted by atomic mass is 10.0. The minimum Gasteiger partial charge on any atom is -0.401 e. The fraction of sp³-hybridized carbons (Fsp3) is 0.886. The number of nitrogens with zero attached hydrogens (tertiary/aromatic N) is 4. The van der Waals surface area contributed by atoms with Crippen LogP contribution in [0.15, 0.2) is 18.1 Å². The normalized spacial score (nSPS) is 11.7. The first-order valence-corrected chi connectivity index (χ1v) is 17.6. The number of rotatable bonds is 24. The minimum absolute atomic E-state index is 0.150. The molecule has 1 aromatic heterocycles. The number of nitrogens with two attached hydrogens (primary N) is 2. The van der Waals surface area contributed by atoms with Gasteiger partial charge in [0.1, 0.15) is 5.69 Å². The van der Waals surface area contributed by atoms with Crippen LogP contribution in [-0.2, 0) is 36.8 Å². The molecule has 0 radical (unpaired) electrons. The molecule has 0 aromatic carbocycles. The summed E-state index contributed by atoms with van der Waals surface area (Å²) in [6.45, 7) is 31.1. The number of hydrazine groups is 1. The van der Waals surface area contributed by atoms with Crippen LogP contribution < -0.4 is 11.6 Å². The summed E-state index contributed by atoms with van der Waals surface area (Å²) in [5, 5.41) is 9.67. The second-order valence-corrected chi connectivity index (χ2v) is 12.2. The van der Waals surface area contributed by atoms with Gasteiger partial charge in [0.05, 0.1) is 57.0 Å². The number of ether oxygens (including phenoxy) is 5. The van der Waals surface area contributed by atoms with E-state index in [0.29, 0.717) is 45.5 Å². The van der Waals surface area contributed by atoms with Gasteiger partial charge in [-0.05, 0) is 65.7 Å². The van der Waals surface area contributed by atoms with Crippen LogP contribution in [0.1, 0.15) is 127 Å². The standard InChI is InChI=1S/C19H41N3O2.C12H23N3O3.2C2H6/c1-8-17(20)15-22(21)12-10-18(4,5)24-14-11-19(6,7)23-13-9-16(2)3;1-3-4-6-17-7-5-15-10-12(13-14-15)11-18-9-8-16-2;2*1-2/h15-16H,8-14,20-21H2,1-7H3;10H,3-9,11H2,1-2H3;2*1-2H3/b17-15-;;;. The third-order valence-electron chi connectivity index (χ3n) is 6.47. The van der Waals surface area contributed by atoms with Crippen molar-refractivity contribution in [3.63, 3.8) is 0 Å². The summed E-state index contributed by atoms with van der Waals surface area (Å²) in [5.74, 6) is 6.61. The summed E-state index contributed by atoms with van der Waals surface area (Å²) >= 11 is 0. The van der Waals surface area contributed by atoms with Gasteiger partial charge < -0.3 is 34.4 Å². The maximum absolute atomic E-state index is 6.06. The number of aromatic nitrogens is 3. The Kier molecular flexibility index (Phi) is 33.6. The maximum atomic E-state index is 6.06. The van der Waals surface area contributed by atoms with E-state index < -0.39 is 0 Å². The van der Waals surface area contributed by atoms with Crippen LogP contribution >= 0.6 is 0 Å². The number of hydrogen-bond donors (Lipinski definition) is 2. The van der Waals surface area contributed by atoms with Gasteiger partial charge in [-0.2, -0.15) is 0 Å². The Morgan fingerprint density at radius 1 is 0.913 bits per heavy atom. The molecule has 4 N–H and O–H groups in total. The van der Waals surface area contributed by atoms with E-state index in [-0.39, 0.29) is 11.2 Å². The van der Waals surface area contributed by atoms with Crippen LogP contribution in [-0.4, -0.2) is 84.5 Å². The molecule has 0 aliphatic rings. The quantitative estimate of drug-likeness (QED) is 0.0672. The predicted molar refractivity (Wildman–Crippen MR) is 192 cm³/mol. The zero-order valence-corrected chi connectivity index (χ0v) is 32.3. The SMILES string of the molecule is CC.CC.CC/C(N)=C/N(N)CCC(C)(C)OCCC(C)(C)OCCC(C)C.CCCCOCCn1cc(COCCOC)nn1. The first kappa shape index (κ1) is 48.6. The highest BCUT2D eigenvalue weighted by Crippen LogP contribution is 2.20. The van der Waals surface area contributed by atoms with Crippen molar-refractivity contribution in [1.29, 1.82) is 0 Å². The Morgan fingerprint density at radius 3 is 2.13 bits per heavy atom. The van der Waals surface area contributed by atoms with E-state index in [1.165, 1.54) is 0 Å². The van der Waals surface area contributed by atoms with Gasteiger partial charge in [-0.25, -0.2) is 10.5 Å². The van der Waals surface area contributed by atoms with Crippen molar-refractivity contribution in [3.05, 3.63) is 23.8 Å². The molecule has 0 fully saturated rings. The first-order chi connectivity index (χ1) is 21.8. The monoisotopic (exact) mass is 661 g/mol. The first-order valence-electron chi connectivity index (χ1n) is 17.6. The van der Waals surface area contributed by atoms with Crippen molar-refractivity contribution in [3.8, 4) is 0 Å². The van der Waals surface area contributed by atoms with Crippen molar-refractivity contribution >= 4 is 0 Å². The molecule has 11 heteroatoms. The fourth-order valence-electron chi connectivity index (χ4n) is 3.40. The lowest BCUT2D eigenvalue weighted by Crippen LogP contribution is -2.36. The molecular formula is C35H76N6O5. The summed E-state index contributed by atoms with van der Waals surface area (Å²) in [5.41, 5.74) is 7.04. The molecule has 1 rings (SSSR count). The van der Waals surface area contributed by atoms with E-state index in [1.807, 2.05) is 40.8 Å². The highest BCUT2D eigenvalue weighted by molar-refractivity contribution is 4.93. The lowest BCUT2D eigenvalue weighted by Gasteiger charge is -2.31. The van der Waals surface area contributed by atoms with Crippen molar-refractivity contribution in [2.45, 2.75) is 146 Å². The second kappa shape index (κ2) is 31.8. The summed E-state index contributed by atoms with van der Waals surface area (Å²) in [4.78, 5) is 0. The molecule has 0 amide bonds. The predicted octanol–water partition coefficient (Wildman–Crippen LogP) is 7.10. The Morgan fingerprint density at radius 2 is 1.54 bits per heavy atom. The Balaban J connectivity index is -0.000000746. The van der Waals surface area contributed by atoms with Gasteiger partial charge in [-0.1, -0.05) is 67.0 Å². The van der Waals surface area contributed by atoms with Crippen molar-refractivity contribution in [1.82, 2.24) is 20.0 Å². The van der Waals surface area contributed by atoms with Gasteiger partial charge in [0.2, 0.25) is 0 Å². The molecular weight excluding hydrogens is 584 g/mol. The average Bonchev–Trinajstić information content (AvgIpc) is 3.47. The van der Waals surface area contributed by atoms with Crippen LogP contribution in [0.5, 0.6) is 0 Å². The van der Waals surface area contributed by atoms with E-state index in [1.54, 1.807) is 23.0 Å². The molecule has 0 bridgehead atoms. The molecule has 1 heterocycles. The largest absolute Gasteiger partial charge is 0.401 e. The van der Waals surface area contributed by atoms with E-state index in [4.69, 9.17) is 35.3 Å². The molecule has 46 heavy (non-hydrogen) atoms. The van der Waals surface area contributed by atoms with E-state index >= 15 is 0 Å². The van der Waals surface area contributed by atoms with Gasteiger partial charge in [0.25, 0.3) is 0 Å². The molecule has 0 spiro atoms. The molecule has 0 aliphatic heterocycles. The van der Waals surface area contributed by atoms with Gasteiger partial charge in [0, 0.05) is 38.8 Å². The number of hydrogen-bond acceptors (Lipinski definition) is 10. The molecule has 0 unspecified atom stereocenters. The van der Waals surface area contributed by atoms with Crippen LogP contribution in [0.2, 0.25) is 0 Å². The Bertz CT molecular complexity index is 802. The summed E-state index contributed by atoms with van der Waals surface area (Å²) < 4.78 is 29.5. The van der Waals surface area contributed by atoms with Crippen LogP contribution in [0.4, 0.5) is 0 Å². The summed E-state index contributed by atoms with van der Waals surface area (Å²) in [7, 11) is 1.65. The smallest absolute Gasteiger partial charge is 0.108 e. The molecule has 11 nitrogen and oxygen atoms in total. The zero-order valence-electron chi connectivity index (χ0n) is 32.3. The van der Waals surface area contributed by atoms with Crippen LogP contribution in [0.25, 0.3) is 0 Å². The molecule has 276 valence electrons. The van der Waals surface area contributed by atoms with Gasteiger partial charge in [-0.15, -0.1) is 5.10 Å². The van der Waals surface area contributed by atoms with E-state index in [0.717, 1.165) is 69.7 Å². The highest BCUT2D eigenvalue weighted by Gasteiger charge is 2.23. The van der Waals surface area contributed by atoms with Crippen LogP contribution in [0.3, 0.4) is 0 Å². The molecule has 0 aliphatic carbocycles. The summed E-state index contributed by atoms with van der Waals surface area (Å²) in [6.07, 6.45) is 9.56. The fourth-order valence-corrected chi connectivity index (χ4v) is 3.40. The molecule has 0 atom stereocenters. The number of methoxy groups -OCH3 is 1. The van der Waals surface area contributed by atoms with Gasteiger partial charge in [-0.3, -0.25) is 0 Å². The van der Waals surface area contributed by atoms with Crippen molar-refractivity contribution in [2.75, 3.05) is 53.3 Å². The zero-order chi connectivity index (χ0) is 35.9. The van der Waals surface area contributed by atoms with Crippen molar-refractivity contribution < 1.29 is 23.7 Å². The average molecular weight is 661 g/mol. The van der Waals surface area contributed by atoms with Gasteiger partial charge in [0.15, 0.2) is 0 Å². The summed E-state index contributed by atoms with van der Waals surface area (Å²) in [6, 6.07) is 0. The second-order valence-electron chi connectivity index (χ2n) is 12.2. The third kappa shape index (κ3) is 32.2. The number of unbranched alkanes of at least 4 members (excludes halogenated alkanes) is 1. The van der Waals surface area contributed by atoms with E-state index in [2.05, 4.69) is 58.8 Å². The third-order valence-corrected chi connectivity index (χ3v) is 6.47. The van der Waals surface area contributed by atoms with Crippen LogP contribution in [0, 0.1) is 5.92 Å². The molecule has 0 saturated carbocycles. The Labute approximate surface area is 284 Å². The maximum Gasteiger partial charge on any atom is 0.108 e. The lowest BCUT2D eigenvalue weighted by molar-refractivity contribution is -0.0771. The van der Waals surface area contributed by atoms with E-state index in [9.17, 15) is 0 Å². The topological polar surface area (TPSA) is 132 Å². The minimum atomic E-state index is -0.222. The number of allylic oxidation sites excluding steroid dienone is 1. The highest BCUT2D eigenvalue weighted by atomic mass is 16.5. The van der Waals surface area contributed by atoms with Gasteiger partial charge >= 0.3 is 0 Å². The molecule has 0 saturated heterocycles.